The summed E-state index contributed by atoms with van der Waals surface area (Å²) in [4.78, 5) is 0. The van der Waals surface area contributed by atoms with Crippen LogP contribution in [0.4, 0.5) is 0 Å². The normalized spacial score (nSPS) is 11.6. The topological polar surface area (TPSA) is 62.5 Å². The maximum absolute atomic E-state index is 9.81. The number of aliphatic hydroxyl groups excluding tert-OH is 1. The largest absolute Gasteiger partial charge is 0.493 e. The van der Waals surface area contributed by atoms with Crippen LogP contribution in [0.5, 0.6) is 17.2 Å². The number of nitriles is 1. The highest BCUT2D eigenvalue weighted by Crippen LogP contribution is 2.36. The summed E-state index contributed by atoms with van der Waals surface area (Å²) in [5.74, 6) is 1.48. The van der Waals surface area contributed by atoms with Gasteiger partial charge in [0.05, 0.1) is 24.8 Å². The van der Waals surface area contributed by atoms with Crippen LogP contribution in [-0.4, -0.2) is 12.2 Å². The monoisotopic (exact) mass is 347 g/mol. The van der Waals surface area contributed by atoms with E-state index in [0.717, 1.165) is 4.47 Å². The molecule has 2 rings (SSSR count). The smallest absolute Gasteiger partial charge is 0.169 e. The summed E-state index contributed by atoms with van der Waals surface area (Å²) >= 11 is 3.38. The van der Waals surface area contributed by atoms with Crippen molar-refractivity contribution in [1.29, 1.82) is 5.26 Å². The fourth-order valence-electron chi connectivity index (χ4n) is 1.88. The molecule has 0 aliphatic heterocycles. The van der Waals surface area contributed by atoms with E-state index in [4.69, 9.17) is 14.7 Å². The van der Waals surface area contributed by atoms with Crippen molar-refractivity contribution >= 4 is 15.9 Å². The molecule has 0 radical (unpaired) electrons. The number of methoxy groups -OCH3 is 1. The van der Waals surface area contributed by atoms with Gasteiger partial charge in [-0.3, -0.25) is 0 Å². The summed E-state index contributed by atoms with van der Waals surface area (Å²) < 4.78 is 11.9. The highest BCUT2D eigenvalue weighted by molar-refractivity contribution is 9.10. The van der Waals surface area contributed by atoms with E-state index < -0.39 is 6.10 Å². The second-order valence-corrected chi connectivity index (χ2v) is 5.35. The molecule has 0 saturated carbocycles. The van der Waals surface area contributed by atoms with Crippen molar-refractivity contribution in [3.05, 3.63) is 52.0 Å². The van der Waals surface area contributed by atoms with E-state index in [1.807, 2.05) is 12.1 Å². The van der Waals surface area contributed by atoms with Crippen LogP contribution in [0.3, 0.4) is 0 Å². The van der Waals surface area contributed by atoms with E-state index in [1.165, 1.54) is 7.11 Å². The lowest BCUT2D eigenvalue weighted by molar-refractivity contribution is 0.195. The molecule has 0 bridgehead atoms. The maximum atomic E-state index is 9.81. The molecular weight excluding hydrogens is 334 g/mol. The number of benzene rings is 2. The van der Waals surface area contributed by atoms with E-state index in [-0.39, 0.29) is 0 Å². The molecule has 0 aromatic heterocycles. The minimum absolute atomic E-state index is 0.463. The minimum Gasteiger partial charge on any atom is -0.493 e. The molecule has 2 aromatic rings. The molecule has 0 fully saturated rings. The van der Waals surface area contributed by atoms with E-state index in [9.17, 15) is 5.11 Å². The highest BCUT2D eigenvalue weighted by atomic mass is 79.9. The van der Waals surface area contributed by atoms with Crippen LogP contribution >= 0.6 is 15.9 Å². The van der Waals surface area contributed by atoms with Crippen LogP contribution in [0.25, 0.3) is 0 Å². The molecule has 0 amide bonds. The quantitative estimate of drug-likeness (QED) is 0.901. The molecule has 108 valence electrons. The molecule has 1 atom stereocenters. The first-order chi connectivity index (χ1) is 10.0. The number of ether oxygens (including phenoxy) is 2. The first-order valence-electron chi connectivity index (χ1n) is 6.28. The van der Waals surface area contributed by atoms with Crippen molar-refractivity contribution in [2.45, 2.75) is 13.0 Å². The van der Waals surface area contributed by atoms with Gasteiger partial charge in [0, 0.05) is 16.1 Å². The van der Waals surface area contributed by atoms with Crippen LogP contribution < -0.4 is 9.47 Å². The van der Waals surface area contributed by atoms with Gasteiger partial charge in [-0.2, -0.15) is 5.26 Å². The van der Waals surface area contributed by atoms with Gasteiger partial charge in [0.25, 0.3) is 0 Å². The van der Waals surface area contributed by atoms with Gasteiger partial charge >= 0.3 is 0 Å². The van der Waals surface area contributed by atoms with Gasteiger partial charge in [-0.05, 0) is 31.2 Å². The Hall–Kier alpha value is -2.03. The van der Waals surface area contributed by atoms with Crippen molar-refractivity contribution in [2.24, 2.45) is 0 Å². The van der Waals surface area contributed by atoms with Gasteiger partial charge in [-0.25, -0.2) is 0 Å². The van der Waals surface area contributed by atoms with E-state index >= 15 is 0 Å². The third-order valence-corrected chi connectivity index (χ3v) is 3.43. The Kier molecular flexibility index (Phi) is 4.84. The molecule has 21 heavy (non-hydrogen) atoms. The van der Waals surface area contributed by atoms with Gasteiger partial charge in [0.2, 0.25) is 0 Å². The summed E-state index contributed by atoms with van der Waals surface area (Å²) in [7, 11) is 1.51. The molecule has 1 N–H and O–H groups in total. The lowest BCUT2D eigenvalue weighted by atomic mass is 10.1. The average Bonchev–Trinajstić information content (AvgIpc) is 2.47. The molecule has 1 unspecified atom stereocenters. The predicted octanol–water partition coefficient (Wildman–Crippen LogP) is 4.17. The lowest BCUT2D eigenvalue weighted by Crippen LogP contribution is -1.97. The molecule has 0 aliphatic carbocycles. The summed E-state index contributed by atoms with van der Waals surface area (Å²) in [5, 5.41) is 18.7. The summed E-state index contributed by atoms with van der Waals surface area (Å²) in [6.45, 7) is 1.67. The summed E-state index contributed by atoms with van der Waals surface area (Å²) in [6.07, 6.45) is -0.655. The first-order valence-corrected chi connectivity index (χ1v) is 7.08. The van der Waals surface area contributed by atoms with Crippen LogP contribution in [0.1, 0.15) is 24.2 Å². The molecule has 5 heteroatoms. The summed E-state index contributed by atoms with van der Waals surface area (Å²) in [5.41, 5.74) is 1.16. The second kappa shape index (κ2) is 6.61. The fourth-order valence-corrected chi connectivity index (χ4v) is 2.22. The van der Waals surface area contributed by atoms with Crippen molar-refractivity contribution in [3.63, 3.8) is 0 Å². The van der Waals surface area contributed by atoms with Gasteiger partial charge in [0.15, 0.2) is 11.5 Å². The minimum atomic E-state index is -0.655. The van der Waals surface area contributed by atoms with Gasteiger partial charge in [-0.15, -0.1) is 0 Å². The summed E-state index contributed by atoms with van der Waals surface area (Å²) in [6, 6.07) is 12.4. The number of rotatable bonds is 4. The standard InChI is InChI=1S/C16H14BrNO3/c1-10(19)13-5-4-12(17)8-15(13)21-14-6-3-11(9-18)7-16(14)20-2/h3-8,10,19H,1-2H3. The number of nitrogens with zero attached hydrogens (tertiary/aromatic N) is 1. The molecule has 0 heterocycles. The Morgan fingerprint density at radius 1 is 1.14 bits per heavy atom. The first kappa shape index (κ1) is 15.4. The third-order valence-electron chi connectivity index (χ3n) is 2.94. The molecule has 0 spiro atoms. The average molecular weight is 348 g/mol. The van der Waals surface area contributed by atoms with Crippen LogP contribution in [-0.2, 0) is 0 Å². The Labute approximate surface area is 131 Å². The highest BCUT2D eigenvalue weighted by Gasteiger charge is 2.13. The Bertz CT molecular complexity index is 692. The van der Waals surface area contributed by atoms with Gasteiger partial charge in [0.1, 0.15) is 5.75 Å². The Balaban J connectivity index is 2.43. The van der Waals surface area contributed by atoms with Crippen LogP contribution in [0, 0.1) is 11.3 Å². The Morgan fingerprint density at radius 2 is 1.90 bits per heavy atom. The second-order valence-electron chi connectivity index (χ2n) is 4.44. The molecule has 0 saturated heterocycles. The van der Waals surface area contributed by atoms with E-state index in [0.29, 0.717) is 28.4 Å². The van der Waals surface area contributed by atoms with Crippen LogP contribution in [0.15, 0.2) is 40.9 Å². The van der Waals surface area contributed by atoms with Crippen molar-refractivity contribution < 1.29 is 14.6 Å². The zero-order valence-corrected chi connectivity index (χ0v) is 13.2. The zero-order valence-electron chi connectivity index (χ0n) is 11.6. The van der Waals surface area contributed by atoms with Gasteiger partial charge < -0.3 is 14.6 Å². The predicted molar refractivity (Wildman–Crippen MR) is 82.6 cm³/mol. The number of halogens is 1. The van der Waals surface area contributed by atoms with Crippen LogP contribution in [0.2, 0.25) is 0 Å². The molecular formula is C16H14BrNO3. The zero-order chi connectivity index (χ0) is 15.4. The molecule has 0 aliphatic rings. The van der Waals surface area contributed by atoms with E-state index in [2.05, 4.69) is 15.9 Å². The van der Waals surface area contributed by atoms with Gasteiger partial charge in [-0.1, -0.05) is 22.0 Å². The maximum Gasteiger partial charge on any atom is 0.169 e. The number of hydrogen-bond acceptors (Lipinski definition) is 4. The number of hydrogen-bond donors (Lipinski definition) is 1. The fraction of sp³-hybridized carbons (Fsp3) is 0.188. The third kappa shape index (κ3) is 3.54. The van der Waals surface area contributed by atoms with Crippen molar-refractivity contribution in [1.82, 2.24) is 0 Å². The Morgan fingerprint density at radius 3 is 2.52 bits per heavy atom. The SMILES string of the molecule is COc1cc(C#N)ccc1Oc1cc(Br)ccc1C(C)O. The number of aliphatic hydroxyl groups is 1. The van der Waals surface area contributed by atoms with E-state index in [1.54, 1.807) is 37.3 Å². The molecule has 2 aromatic carbocycles. The lowest BCUT2D eigenvalue weighted by Gasteiger charge is -2.15. The van der Waals surface area contributed by atoms with Crippen molar-refractivity contribution in [2.75, 3.05) is 7.11 Å². The molecule has 4 nitrogen and oxygen atoms in total. The van der Waals surface area contributed by atoms with Crippen molar-refractivity contribution in [3.8, 4) is 23.3 Å².